The van der Waals surface area contributed by atoms with Gasteiger partial charge in [0.2, 0.25) is 5.91 Å². The van der Waals surface area contributed by atoms with E-state index in [4.69, 9.17) is 27.9 Å². The van der Waals surface area contributed by atoms with Crippen LogP contribution in [0.2, 0.25) is 10.2 Å². The minimum Gasteiger partial charge on any atom is -0.448 e. The van der Waals surface area contributed by atoms with Crippen molar-refractivity contribution in [3.63, 3.8) is 0 Å². The number of ether oxygens (including phenoxy) is 1. The van der Waals surface area contributed by atoms with Crippen LogP contribution in [0.1, 0.15) is 24.3 Å². The molecular formula is C17H15Cl2N3O4. The number of hydrogen-bond donors (Lipinski definition) is 2. The minimum absolute atomic E-state index is 0.0700. The molecule has 0 aliphatic rings. The number of carbonyl (C=O) groups excluding carboxylic acids is 3. The Morgan fingerprint density at radius 1 is 1.00 bits per heavy atom. The molecular weight excluding hydrogens is 381 g/mol. The lowest BCUT2D eigenvalue weighted by molar-refractivity contribution is -0.123. The fourth-order valence-corrected chi connectivity index (χ4v) is 2.25. The highest BCUT2D eigenvalue weighted by Gasteiger charge is 2.22. The van der Waals surface area contributed by atoms with Crippen LogP contribution >= 0.6 is 23.2 Å². The third kappa shape index (κ3) is 5.44. The van der Waals surface area contributed by atoms with E-state index >= 15 is 0 Å². The molecule has 9 heteroatoms. The van der Waals surface area contributed by atoms with Crippen LogP contribution in [0, 0.1) is 0 Å². The third-order valence-corrected chi connectivity index (χ3v) is 3.65. The van der Waals surface area contributed by atoms with E-state index in [1.54, 1.807) is 24.3 Å². The molecule has 1 aromatic heterocycles. The topological polar surface area (TPSA) is 97.4 Å². The Hall–Kier alpha value is -2.64. The van der Waals surface area contributed by atoms with Gasteiger partial charge in [0.15, 0.2) is 11.8 Å². The summed E-state index contributed by atoms with van der Waals surface area (Å²) in [6.45, 7) is 2.81. The van der Waals surface area contributed by atoms with E-state index in [1.165, 1.54) is 26.0 Å². The fourth-order valence-electron chi connectivity index (χ4n) is 1.92. The maximum absolute atomic E-state index is 12.2. The van der Waals surface area contributed by atoms with Gasteiger partial charge < -0.3 is 15.4 Å². The highest BCUT2D eigenvalue weighted by molar-refractivity contribution is 6.34. The minimum atomic E-state index is -1.09. The highest BCUT2D eigenvalue weighted by Crippen LogP contribution is 2.19. The van der Waals surface area contributed by atoms with E-state index < -0.39 is 18.0 Å². The van der Waals surface area contributed by atoms with Gasteiger partial charge in [-0.2, -0.15) is 0 Å². The van der Waals surface area contributed by atoms with Gasteiger partial charge in [-0.05, 0) is 43.3 Å². The quantitative estimate of drug-likeness (QED) is 0.595. The standard InChI is InChI=1S/C17H15Cl2N3O4/c1-9(26-17(25)15-13(18)7-8-14(19)22-15)16(24)21-12-5-3-11(4-6-12)20-10(2)23/h3-9H,1-2H3,(H,20,23)(H,21,24)/t9-/m0/s1. The summed E-state index contributed by atoms with van der Waals surface area (Å²) in [5, 5.41) is 5.36. The van der Waals surface area contributed by atoms with E-state index in [1.807, 2.05) is 0 Å². The van der Waals surface area contributed by atoms with E-state index in [2.05, 4.69) is 15.6 Å². The molecule has 0 saturated carbocycles. The number of rotatable bonds is 5. The SMILES string of the molecule is CC(=O)Nc1ccc(NC(=O)[C@H](C)OC(=O)c2nc(Cl)ccc2Cl)cc1. The fraction of sp³-hybridized carbons (Fsp3) is 0.176. The summed E-state index contributed by atoms with van der Waals surface area (Å²) in [6, 6.07) is 9.31. The van der Waals surface area contributed by atoms with Crippen molar-refractivity contribution < 1.29 is 19.1 Å². The van der Waals surface area contributed by atoms with E-state index in [0.29, 0.717) is 11.4 Å². The molecule has 26 heavy (non-hydrogen) atoms. The maximum Gasteiger partial charge on any atom is 0.359 e. The number of anilines is 2. The van der Waals surface area contributed by atoms with Gasteiger partial charge in [0.25, 0.3) is 5.91 Å². The number of carbonyl (C=O) groups is 3. The van der Waals surface area contributed by atoms with Gasteiger partial charge in [-0.15, -0.1) is 0 Å². The summed E-state index contributed by atoms with van der Waals surface area (Å²) in [7, 11) is 0. The first-order valence-electron chi connectivity index (χ1n) is 7.48. The predicted octanol–water partition coefficient (Wildman–Crippen LogP) is 3.53. The molecule has 0 aliphatic carbocycles. The van der Waals surface area contributed by atoms with E-state index in [0.717, 1.165) is 0 Å². The molecule has 2 N–H and O–H groups in total. The van der Waals surface area contributed by atoms with Gasteiger partial charge in [0.05, 0.1) is 5.02 Å². The Morgan fingerprint density at radius 3 is 2.15 bits per heavy atom. The number of halogens is 2. The van der Waals surface area contributed by atoms with Crippen molar-refractivity contribution in [2.24, 2.45) is 0 Å². The molecule has 2 amide bonds. The molecule has 0 fully saturated rings. The van der Waals surface area contributed by atoms with Gasteiger partial charge in [0.1, 0.15) is 5.15 Å². The van der Waals surface area contributed by atoms with Gasteiger partial charge >= 0.3 is 5.97 Å². The Labute approximate surface area is 159 Å². The van der Waals surface area contributed by atoms with Gasteiger partial charge in [0, 0.05) is 18.3 Å². The van der Waals surface area contributed by atoms with Crippen LogP contribution in [0.3, 0.4) is 0 Å². The van der Waals surface area contributed by atoms with E-state index in [-0.39, 0.29) is 21.8 Å². The zero-order valence-electron chi connectivity index (χ0n) is 13.9. The number of esters is 1. The van der Waals surface area contributed by atoms with Crippen LogP contribution < -0.4 is 10.6 Å². The second-order valence-electron chi connectivity index (χ2n) is 5.26. The molecule has 7 nitrogen and oxygen atoms in total. The molecule has 0 unspecified atom stereocenters. The van der Waals surface area contributed by atoms with Crippen molar-refractivity contribution in [3.8, 4) is 0 Å². The largest absolute Gasteiger partial charge is 0.448 e. The van der Waals surface area contributed by atoms with Gasteiger partial charge in [-0.1, -0.05) is 23.2 Å². The number of amides is 2. The monoisotopic (exact) mass is 395 g/mol. The van der Waals surface area contributed by atoms with Crippen LogP contribution in [0.15, 0.2) is 36.4 Å². The molecule has 0 radical (unpaired) electrons. The smallest absolute Gasteiger partial charge is 0.359 e. The molecule has 0 saturated heterocycles. The molecule has 2 rings (SSSR count). The summed E-state index contributed by atoms with van der Waals surface area (Å²) in [5.41, 5.74) is 0.904. The zero-order valence-corrected chi connectivity index (χ0v) is 15.4. The third-order valence-electron chi connectivity index (χ3n) is 3.13. The van der Waals surface area contributed by atoms with Crippen molar-refractivity contribution in [1.82, 2.24) is 4.98 Å². The lowest BCUT2D eigenvalue weighted by Crippen LogP contribution is -2.30. The van der Waals surface area contributed by atoms with Crippen molar-refractivity contribution in [2.45, 2.75) is 20.0 Å². The summed E-state index contributed by atoms with van der Waals surface area (Å²) in [4.78, 5) is 39.0. The predicted molar refractivity (Wildman–Crippen MR) is 98.5 cm³/mol. The molecule has 0 spiro atoms. The van der Waals surface area contributed by atoms with Crippen LogP contribution in [0.4, 0.5) is 11.4 Å². The average Bonchev–Trinajstić information content (AvgIpc) is 2.58. The number of nitrogens with one attached hydrogen (secondary N) is 2. The molecule has 1 heterocycles. The van der Waals surface area contributed by atoms with E-state index in [9.17, 15) is 14.4 Å². The van der Waals surface area contributed by atoms with Crippen molar-refractivity contribution in [1.29, 1.82) is 0 Å². The zero-order chi connectivity index (χ0) is 19.3. The lowest BCUT2D eigenvalue weighted by Gasteiger charge is -2.14. The van der Waals surface area contributed by atoms with Crippen LogP contribution in [-0.4, -0.2) is 28.9 Å². The van der Waals surface area contributed by atoms with Crippen LogP contribution in [0.5, 0.6) is 0 Å². The second-order valence-corrected chi connectivity index (χ2v) is 6.05. The number of aromatic nitrogens is 1. The first kappa shape index (κ1) is 19.7. The number of benzene rings is 1. The first-order chi connectivity index (χ1) is 12.3. The van der Waals surface area contributed by atoms with Gasteiger partial charge in [-0.3, -0.25) is 9.59 Å². The molecule has 1 atom stereocenters. The molecule has 136 valence electrons. The molecule has 0 bridgehead atoms. The van der Waals surface area contributed by atoms with Crippen molar-refractivity contribution in [2.75, 3.05) is 10.6 Å². The summed E-state index contributed by atoms with van der Waals surface area (Å²) >= 11 is 11.6. The molecule has 1 aromatic carbocycles. The molecule has 0 aliphatic heterocycles. The Morgan fingerprint density at radius 2 is 1.58 bits per heavy atom. The van der Waals surface area contributed by atoms with Crippen molar-refractivity contribution >= 4 is 52.4 Å². The number of nitrogens with zero attached hydrogens (tertiary/aromatic N) is 1. The van der Waals surface area contributed by atoms with Gasteiger partial charge in [-0.25, -0.2) is 9.78 Å². The Bertz CT molecular complexity index is 840. The van der Waals surface area contributed by atoms with Crippen molar-refractivity contribution in [3.05, 3.63) is 52.3 Å². The Kier molecular flexibility index (Phi) is 6.54. The summed E-state index contributed by atoms with van der Waals surface area (Å²) in [6.07, 6.45) is -1.09. The Balaban J connectivity index is 1.97. The first-order valence-corrected chi connectivity index (χ1v) is 8.23. The normalized spacial score (nSPS) is 11.4. The highest BCUT2D eigenvalue weighted by atomic mass is 35.5. The lowest BCUT2D eigenvalue weighted by atomic mass is 10.2. The average molecular weight is 396 g/mol. The van der Waals surface area contributed by atoms with Crippen LogP contribution in [-0.2, 0) is 14.3 Å². The second kappa shape index (κ2) is 8.64. The maximum atomic E-state index is 12.2. The van der Waals surface area contributed by atoms with Crippen LogP contribution in [0.25, 0.3) is 0 Å². The number of pyridine rings is 1. The molecule has 2 aromatic rings. The summed E-state index contributed by atoms with van der Waals surface area (Å²) < 4.78 is 5.07. The summed E-state index contributed by atoms with van der Waals surface area (Å²) in [5.74, 6) is -1.60. The number of hydrogen-bond acceptors (Lipinski definition) is 5.